The van der Waals surface area contributed by atoms with E-state index in [2.05, 4.69) is 15.6 Å². The lowest BCUT2D eigenvalue weighted by atomic mass is 10.1. The minimum Gasteiger partial charge on any atom is -0.346 e. The Morgan fingerprint density at radius 1 is 0.964 bits per heavy atom. The van der Waals surface area contributed by atoms with Gasteiger partial charge >= 0.3 is 0 Å². The molecule has 2 N–H and O–H groups in total. The number of fused-ring (bicyclic) bond motifs is 1. The van der Waals surface area contributed by atoms with E-state index >= 15 is 0 Å². The Kier molecular flexibility index (Phi) is 6.31. The third kappa shape index (κ3) is 5.10. The molecule has 2 amide bonds. The molecule has 1 aromatic heterocycles. The zero-order chi connectivity index (χ0) is 20.1. The first-order valence-electron chi connectivity index (χ1n) is 9.05. The van der Waals surface area contributed by atoms with Crippen molar-refractivity contribution >= 4 is 40.2 Å². The van der Waals surface area contributed by atoms with Crippen LogP contribution in [0.1, 0.15) is 16.7 Å². The van der Waals surface area contributed by atoms with Gasteiger partial charge in [0.15, 0.2) is 0 Å². The highest BCUT2D eigenvalue weighted by atomic mass is 32.2. The maximum atomic E-state index is 12.2. The summed E-state index contributed by atoms with van der Waals surface area (Å²) in [5, 5.41) is 7.39. The van der Waals surface area contributed by atoms with Gasteiger partial charge in [0.1, 0.15) is 0 Å². The number of aryl methyl sites for hydroxylation is 3. The first-order valence-corrected chi connectivity index (χ1v) is 10.0. The summed E-state index contributed by atoms with van der Waals surface area (Å²) in [6.45, 7) is 5.88. The Balaban J connectivity index is 1.49. The van der Waals surface area contributed by atoms with Crippen LogP contribution in [0.2, 0.25) is 0 Å². The molecular weight excluding hydrogens is 370 g/mol. The molecule has 5 nitrogen and oxygen atoms in total. The summed E-state index contributed by atoms with van der Waals surface area (Å²) in [5.74, 6) is -0.231. The van der Waals surface area contributed by atoms with Gasteiger partial charge in [-0.15, -0.1) is 0 Å². The van der Waals surface area contributed by atoms with Crippen molar-refractivity contribution in [3.63, 3.8) is 0 Å². The van der Waals surface area contributed by atoms with Crippen LogP contribution in [0.3, 0.4) is 0 Å². The lowest BCUT2D eigenvalue weighted by molar-refractivity contribution is -0.122. The summed E-state index contributed by atoms with van der Waals surface area (Å²) in [6.07, 6.45) is 0. The first-order chi connectivity index (χ1) is 13.4. The lowest BCUT2D eigenvalue weighted by Gasteiger charge is -2.13. The second-order valence-electron chi connectivity index (χ2n) is 6.73. The number of pyridine rings is 1. The Bertz CT molecular complexity index is 1010. The zero-order valence-electron chi connectivity index (χ0n) is 16.2. The molecule has 0 spiro atoms. The van der Waals surface area contributed by atoms with Crippen molar-refractivity contribution < 1.29 is 9.59 Å². The Labute approximate surface area is 168 Å². The van der Waals surface area contributed by atoms with Crippen LogP contribution >= 0.6 is 11.8 Å². The minimum atomic E-state index is -0.239. The van der Waals surface area contributed by atoms with E-state index in [1.165, 1.54) is 11.8 Å². The number of para-hydroxylation sites is 1. The van der Waals surface area contributed by atoms with Crippen molar-refractivity contribution in [2.24, 2.45) is 0 Å². The lowest BCUT2D eigenvalue weighted by Crippen LogP contribution is -2.34. The van der Waals surface area contributed by atoms with Crippen LogP contribution in [0.5, 0.6) is 0 Å². The molecule has 0 atom stereocenters. The van der Waals surface area contributed by atoms with Crippen molar-refractivity contribution in [3.05, 3.63) is 65.2 Å². The smallest absolute Gasteiger partial charge is 0.243 e. The third-order valence-corrected chi connectivity index (χ3v) is 5.24. The molecule has 2 aromatic carbocycles. The van der Waals surface area contributed by atoms with Gasteiger partial charge in [-0.25, -0.2) is 4.98 Å². The van der Waals surface area contributed by atoms with E-state index in [1.807, 2.05) is 69.3 Å². The van der Waals surface area contributed by atoms with Gasteiger partial charge in [0.25, 0.3) is 0 Å². The zero-order valence-corrected chi connectivity index (χ0v) is 17.0. The molecule has 0 saturated carbocycles. The summed E-state index contributed by atoms with van der Waals surface area (Å²) in [5.41, 5.74) is 4.88. The molecule has 0 aliphatic rings. The monoisotopic (exact) mass is 393 g/mol. The van der Waals surface area contributed by atoms with Gasteiger partial charge in [0, 0.05) is 11.1 Å². The van der Waals surface area contributed by atoms with Gasteiger partial charge in [0.2, 0.25) is 11.8 Å². The topological polar surface area (TPSA) is 71.1 Å². The van der Waals surface area contributed by atoms with Crippen molar-refractivity contribution in [1.82, 2.24) is 10.3 Å². The van der Waals surface area contributed by atoms with Crippen LogP contribution in [0.15, 0.2) is 53.6 Å². The van der Waals surface area contributed by atoms with E-state index in [9.17, 15) is 9.59 Å². The van der Waals surface area contributed by atoms with E-state index < -0.39 is 0 Å². The average molecular weight is 394 g/mol. The van der Waals surface area contributed by atoms with E-state index in [0.717, 1.165) is 38.3 Å². The number of nitrogens with zero attached hydrogens (tertiary/aromatic N) is 1. The number of benzene rings is 2. The molecule has 144 valence electrons. The summed E-state index contributed by atoms with van der Waals surface area (Å²) in [7, 11) is 0. The summed E-state index contributed by atoms with van der Waals surface area (Å²) in [4.78, 5) is 28.8. The SMILES string of the molecule is Cc1cc(C)c(NC(=O)CNC(=O)CSc2ccc3ccccc3n2)c(C)c1. The van der Waals surface area contributed by atoms with Crippen LogP contribution in [0, 0.1) is 20.8 Å². The molecule has 0 radical (unpaired) electrons. The molecular formula is C22H23N3O2S. The molecule has 0 aliphatic carbocycles. The molecule has 0 aliphatic heterocycles. The molecule has 6 heteroatoms. The first kappa shape index (κ1) is 19.9. The molecule has 0 fully saturated rings. The van der Waals surface area contributed by atoms with Gasteiger partial charge < -0.3 is 10.6 Å². The van der Waals surface area contributed by atoms with E-state index in [1.54, 1.807) is 0 Å². The van der Waals surface area contributed by atoms with Gasteiger partial charge in [0.05, 0.1) is 22.8 Å². The van der Waals surface area contributed by atoms with Crippen molar-refractivity contribution in [2.75, 3.05) is 17.6 Å². The number of carbonyl (C=O) groups excluding carboxylic acids is 2. The summed E-state index contributed by atoms with van der Waals surface area (Å²) < 4.78 is 0. The Morgan fingerprint density at radius 3 is 2.43 bits per heavy atom. The maximum absolute atomic E-state index is 12.2. The largest absolute Gasteiger partial charge is 0.346 e. The van der Waals surface area contributed by atoms with Gasteiger partial charge in [-0.2, -0.15) is 0 Å². The molecule has 0 unspecified atom stereocenters. The molecule has 28 heavy (non-hydrogen) atoms. The van der Waals surface area contributed by atoms with Gasteiger partial charge in [-0.05, 0) is 44.0 Å². The number of anilines is 1. The highest BCUT2D eigenvalue weighted by molar-refractivity contribution is 7.99. The van der Waals surface area contributed by atoms with Gasteiger partial charge in [-0.3, -0.25) is 9.59 Å². The standard InChI is InChI=1S/C22H23N3O2S/c1-14-10-15(2)22(16(3)11-14)25-19(26)12-23-20(27)13-28-21-9-8-17-6-4-5-7-18(17)24-21/h4-11H,12-13H2,1-3H3,(H,23,27)(H,25,26). The molecule has 0 bridgehead atoms. The Hall–Kier alpha value is -2.86. The quantitative estimate of drug-likeness (QED) is 0.621. The van der Waals surface area contributed by atoms with Crippen LogP contribution < -0.4 is 10.6 Å². The molecule has 3 rings (SSSR count). The predicted molar refractivity (Wildman–Crippen MR) is 115 cm³/mol. The number of nitrogens with one attached hydrogen (secondary N) is 2. The van der Waals surface area contributed by atoms with Crippen LogP contribution in [-0.2, 0) is 9.59 Å². The second kappa shape index (κ2) is 8.89. The number of thioether (sulfide) groups is 1. The summed E-state index contributed by atoms with van der Waals surface area (Å²) in [6, 6.07) is 15.8. The predicted octanol–water partition coefficient (Wildman–Crippen LogP) is 4.01. The van der Waals surface area contributed by atoms with E-state index in [4.69, 9.17) is 0 Å². The number of carbonyl (C=O) groups is 2. The number of hydrogen-bond acceptors (Lipinski definition) is 4. The van der Waals surface area contributed by atoms with Crippen LogP contribution in [0.25, 0.3) is 10.9 Å². The second-order valence-corrected chi connectivity index (χ2v) is 7.73. The molecule has 0 saturated heterocycles. The fourth-order valence-corrected chi connectivity index (χ4v) is 3.77. The van der Waals surface area contributed by atoms with Crippen molar-refractivity contribution in [1.29, 1.82) is 0 Å². The number of aromatic nitrogens is 1. The highest BCUT2D eigenvalue weighted by Crippen LogP contribution is 2.22. The fraction of sp³-hybridized carbons (Fsp3) is 0.227. The highest BCUT2D eigenvalue weighted by Gasteiger charge is 2.10. The van der Waals surface area contributed by atoms with Crippen LogP contribution in [0.4, 0.5) is 5.69 Å². The maximum Gasteiger partial charge on any atom is 0.243 e. The third-order valence-electron chi connectivity index (χ3n) is 4.31. The number of hydrogen-bond donors (Lipinski definition) is 2. The van der Waals surface area contributed by atoms with Crippen LogP contribution in [-0.4, -0.2) is 29.1 Å². The minimum absolute atomic E-state index is 0.0582. The average Bonchev–Trinajstić information content (AvgIpc) is 2.67. The summed E-state index contributed by atoms with van der Waals surface area (Å²) >= 11 is 1.35. The van der Waals surface area contributed by atoms with Crippen molar-refractivity contribution in [2.45, 2.75) is 25.8 Å². The Morgan fingerprint density at radius 2 is 1.68 bits per heavy atom. The van der Waals surface area contributed by atoms with Crippen molar-refractivity contribution in [3.8, 4) is 0 Å². The molecule has 3 aromatic rings. The van der Waals surface area contributed by atoms with E-state index in [-0.39, 0.29) is 24.1 Å². The van der Waals surface area contributed by atoms with Gasteiger partial charge in [-0.1, -0.05) is 53.7 Å². The molecule has 1 heterocycles. The number of rotatable bonds is 6. The number of amides is 2. The normalized spacial score (nSPS) is 10.7. The van der Waals surface area contributed by atoms with E-state index in [0.29, 0.717) is 0 Å². The fourth-order valence-electron chi connectivity index (χ4n) is 3.06.